The molecule has 0 spiro atoms. The summed E-state index contributed by atoms with van der Waals surface area (Å²) in [4.78, 5) is 11.7. The molecule has 3 rings (SSSR count). The minimum Gasteiger partial charge on any atom is -0.377 e. The summed E-state index contributed by atoms with van der Waals surface area (Å²) in [6, 6.07) is 2.06. The maximum Gasteiger partial charge on any atom is 0.157 e. The van der Waals surface area contributed by atoms with E-state index in [0.717, 1.165) is 32.8 Å². The molecule has 0 aliphatic heterocycles. The molecule has 0 fully saturated rings. The number of aryl methyl sites for hydroxylation is 2. The second-order valence-electron chi connectivity index (χ2n) is 4.34. The molecule has 2 N–H and O–H groups in total. The van der Waals surface area contributed by atoms with E-state index < -0.39 is 0 Å². The van der Waals surface area contributed by atoms with Crippen LogP contribution in [-0.2, 0) is 13.6 Å². The normalized spacial score (nSPS) is 11.1. The van der Waals surface area contributed by atoms with E-state index in [9.17, 15) is 0 Å². The van der Waals surface area contributed by atoms with Crippen LogP contribution in [0.2, 0.25) is 0 Å². The van der Waals surface area contributed by atoms with Crippen LogP contribution in [0.1, 0.15) is 11.5 Å². The first-order valence-electron chi connectivity index (χ1n) is 5.86. The van der Waals surface area contributed by atoms with Gasteiger partial charge < -0.3 is 10.3 Å². The highest BCUT2D eigenvalue weighted by molar-refractivity contribution is 9.10. The number of pyridine rings is 1. The minimum atomic E-state index is 0.623. The van der Waals surface area contributed by atoms with Gasteiger partial charge in [0.2, 0.25) is 0 Å². The number of aromatic nitrogens is 5. The molecule has 6 nitrogen and oxygen atoms in total. The van der Waals surface area contributed by atoms with Gasteiger partial charge in [-0.2, -0.15) is 5.10 Å². The fraction of sp³-hybridized carbons (Fsp3) is 0.250. The van der Waals surface area contributed by atoms with Gasteiger partial charge in [0.05, 0.1) is 30.3 Å². The number of aromatic amines is 1. The zero-order chi connectivity index (χ0) is 13.4. The Morgan fingerprint density at radius 3 is 2.95 bits per heavy atom. The van der Waals surface area contributed by atoms with Gasteiger partial charge in [0, 0.05) is 12.4 Å². The smallest absolute Gasteiger partial charge is 0.157 e. The summed E-state index contributed by atoms with van der Waals surface area (Å²) < 4.78 is 2.67. The Morgan fingerprint density at radius 2 is 2.21 bits per heavy atom. The molecule has 7 heteroatoms. The van der Waals surface area contributed by atoms with E-state index in [1.807, 2.05) is 14.0 Å². The number of H-pyrrole nitrogens is 1. The van der Waals surface area contributed by atoms with Crippen molar-refractivity contribution in [2.24, 2.45) is 7.05 Å². The third-order valence-corrected chi connectivity index (χ3v) is 3.32. The average Bonchev–Trinajstić information content (AvgIpc) is 2.92. The van der Waals surface area contributed by atoms with Crippen molar-refractivity contribution in [3.63, 3.8) is 0 Å². The van der Waals surface area contributed by atoms with Crippen LogP contribution in [0.15, 0.2) is 23.1 Å². The average molecular weight is 321 g/mol. The maximum absolute atomic E-state index is 4.42. The fourth-order valence-electron chi connectivity index (χ4n) is 2.02. The molecular formula is C12H13BrN6. The zero-order valence-corrected chi connectivity index (χ0v) is 12.2. The Kier molecular flexibility index (Phi) is 2.98. The van der Waals surface area contributed by atoms with Gasteiger partial charge in [-0.25, -0.2) is 9.97 Å². The van der Waals surface area contributed by atoms with Gasteiger partial charge >= 0.3 is 0 Å². The number of rotatable bonds is 3. The van der Waals surface area contributed by atoms with Crippen LogP contribution in [0, 0.1) is 6.92 Å². The SMILES string of the molecule is Cc1nn(C)c2ncc(NCc3ncc(Br)[nH]3)cc12. The van der Waals surface area contributed by atoms with Gasteiger partial charge in [0.15, 0.2) is 5.65 Å². The summed E-state index contributed by atoms with van der Waals surface area (Å²) in [5.74, 6) is 0.870. The van der Waals surface area contributed by atoms with E-state index in [0.29, 0.717) is 6.54 Å². The molecule has 3 aromatic heterocycles. The first kappa shape index (κ1) is 12.2. The van der Waals surface area contributed by atoms with Crippen molar-refractivity contribution in [2.75, 3.05) is 5.32 Å². The van der Waals surface area contributed by atoms with Crippen molar-refractivity contribution >= 4 is 32.7 Å². The summed E-state index contributed by atoms with van der Waals surface area (Å²) in [5, 5.41) is 8.71. The van der Waals surface area contributed by atoms with E-state index in [4.69, 9.17) is 0 Å². The highest BCUT2D eigenvalue weighted by atomic mass is 79.9. The van der Waals surface area contributed by atoms with Gasteiger partial charge in [-0.3, -0.25) is 4.68 Å². The monoisotopic (exact) mass is 320 g/mol. The molecule has 0 aliphatic rings. The molecule has 0 atom stereocenters. The quantitative estimate of drug-likeness (QED) is 0.777. The molecular weight excluding hydrogens is 308 g/mol. The minimum absolute atomic E-state index is 0.623. The number of hydrogen-bond donors (Lipinski definition) is 2. The van der Waals surface area contributed by atoms with E-state index in [2.05, 4.69) is 47.4 Å². The van der Waals surface area contributed by atoms with Crippen LogP contribution in [0.5, 0.6) is 0 Å². The Labute approximate surface area is 118 Å². The summed E-state index contributed by atoms with van der Waals surface area (Å²) >= 11 is 3.33. The van der Waals surface area contributed by atoms with Crippen LogP contribution in [0.3, 0.4) is 0 Å². The zero-order valence-electron chi connectivity index (χ0n) is 10.6. The molecule has 0 aliphatic carbocycles. The molecule has 0 radical (unpaired) electrons. The van der Waals surface area contributed by atoms with Crippen LogP contribution in [0.4, 0.5) is 5.69 Å². The number of anilines is 1. The van der Waals surface area contributed by atoms with Crippen molar-refractivity contribution in [3.8, 4) is 0 Å². The number of fused-ring (bicyclic) bond motifs is 1. The largest absolute Gasteiger partial charge is 0.377 e. The van der Waals surface area contributed by atoms with Crippen LogP contribution < -0.4 is 5.32 Å². The molecule has 0 bridgehead atoms. The van der Waals surface area contributed by atoms with Gasteiger partial charge in [0.25, 0.3) is 0 Å². The van der Waals surface area contributed by atoms with Crippen molar-refractivity contribution < 1.29 is 0 Å². The molecule has 98 valence electrons. The molecule has 0 amide bonds. The lowest BCUT2D eigenvalue weighted by Crippen LogP contribution is -2.01. The number of nitrogens with one attached hydrogen (secondary N) is 2. The van der Waals surface area contributed by atoms with Crippen molar-refractivity contribution in [3.05, 3.63) is 34.6 Å². The van der Waals surface area contributed by atoms with Crippen molar-refractivity contribution in [1.82, 2.24) is 24.7 Å². The Bertz CT molecular complexity index is 729. The van der Waals surface area contributed by atoms with E-state index in [1.54, 1.807) is 17.1 Å². The summed E-state index contributed by atoms with van der Waals surface area (Å²) in [6.45, 7) is 2.61. The topological polar surface area (TPSA) is 71.4 Å². The molecule has 0 saturated carbocycles. The standard InChI is InChI=1S/C12H13BrN6/c1-7-9-3-8(4-16-12(9)19(2)18-7)14-6-11-15-5-10(13)17-11/h3-5,14H,6H2,1-2H3,(H,15,17). The summed E-state index contributed by atoms with van der Waals surface area (Å²) in [6.07, 6.45) is 3.55. The van der Waals surface area contributed by atoms with Crippen molar-refractivity contribution in [2.45, 2.75) is 13.5 Å². The van der Waals surface area contributed by atoms with Crippen LogP contribution in [-0.4, -0.2) is 24.7 Å². The lowest BCUT2D eigenvalue weighted by Gasteiger charge is -2.04. The van der Waals surface area contributed by atoms with Crippen LogP contribution >= 0.6 is 15.9 Å². The number of nitrogens with zero attached hydrogens (tertiary/aromatic N) is 4. The second kappa shape index (κ2) is 4.65. The number of halogens is 1. The predicted molar refractivity (Wildman–Crippen MR) is 76.9 cm³/mol. The van der Waals surface area contributed by atoms with Gasteiger partial charge in [-0.15, -0.1) is 0 Å². The number of imidazole rings is 1. The highest BCUT2D eigenvalue weighted by Crippen LogP contribution is 2.19. The van der Waals surface area contributed by atoms with Gasteiger partial charge in [-0.1, -0.05) is 0 Å². The second-order valence-corrected chi connectivity index (χ2v) is 5.19. The third-order valence-electron chi connectivity index (χ3n) is 2.92. The van der Waals surface area contributed by atoms with E-state index in [-0.39, 0.29) is 0 Å². The third kappa shape index (κ3) is 2.33. The fourth-order valence-corrected chi connectivity index (χ4v) is 2.35. The van der Waals surface area contributed by atoms with Crippen LogP contribution in [0.25, 0.3) is 11.0 Å². The van der Waals surface area contributed by atoms with E-state index in [1.165, 1.54) is 0 Å². The molecule has 19 heavy (non-hydrogen) atoms. The predicted octanol–water partition coefficient (Wildman–Crippen LogP) is 2.37. The number of hydrogen-bond acceptors (Lipinski definition) is 4. The Balaban J connectivity index is 1.83. The van der Waals surface area contributed by atoms with E-state index >= 15 is 0 Å². The Morgan fingerprint density at radius 1 is 1.37 bits per heavy atom. The van der Waals surface area contributed by atoms with Gasteiger partial charge in [0.1, 0.15) is 10.4 Å². The summed E-state index contributed by atoms with van der Waals surface area (Å²) in [5.41, 5.74) is 2.83. The molecule has 0 aromatic carbocycles. The molecule has 0 saturated heterocycles. The Hall–Kier alpha value is -1.89. The lowest BCUT2D eigenvalue weighted by molar-refractivity contribution is 0.774. The molecule has 0 unspecified atom stereocenters. The maximum atomic E-state index is 4.42. The highest BCUT2D eigenvalue weighted by Gasteiger charge is 2.07. The van der Waals surface area contributed by atoms with Gasteiger partial charge in [-0.05, 0) is 28.9 Å². The lowest BCUT2D eigenvalue weighted by atomic mass is 10.2. The molecule has 3 heterocycles. The summed E-state index contributed by atoms with van der Waals surface area (Å²) in [7, 11) is 1.90. The first-order chi connectivity index (χ1) is 9.13. The van der Waals surface area contributed by atoms with Crippen molar-refractivity contribution in [1.29, 1.82) is 0 Å². The first-order valence-corrected chi connectivity index (χ1v) is 6.65. The molecule has 3 aromatic rings.